The molecule has 19 heteroatoms. The number of nitrogens with one attached hydrogen (secondary N) is 3. The Morgan fingerprint density at radius 3 is 2.34 bits per heavy atom. The Morgan fingerprint density at radius 1 is 0.862 bits per heavy atom. The number of ether oxygens (including phenoxy) is 1. The first-order chi connectivity index (χ1) is 31.4. The number of halogens is 3. The molecular formula is C46H50F3N11O5. The first kappa shape index (κ1) is 43.6. The quantitative estimate of drug-likeness (QED) is 0.127. The molecule has 3 saturated heterocycles. The van der Waals surface area contributed by atoms with Crippen LogP contribution >= 0.6 is 0 Å². The van der Waals surface area contributed by atoms with E-state index in [9.17, 15) is 32.3 Å². The number of rotatable bonds is 13. The minimum atomic E-state index is -4.63. The molecule has 5 aromatic rings. The van der Waals surface area contributed by atoms with Crippen LogP contribution in [-0.4, -0.2) is 116 Å². The SMILES string of the molecule is O=C1CC[C@@H](c2ccc(OCC(=O)N3CCC(CCN4CCN(c5ccc(Nc6ncnc7c6ncn7C6CC(NC(=O)c7cccc(C(F)(F)F)n7)C6)cc5)CC4)CC3)cc2)C(=O)N1. The Bertz CT molecular complexity index is 2510. The smallest absolute Gasteiger partial charge is 0.433 e. The average Bonchev–Trinajstić information content (AvgIpc) is 3.73. The minimum Gasteiger partial charge on any atom is -0.484 e. The number of carbonyl (C=O) groups is 4. The van der Waals surface area contributed by atoms with E-state index in [0.717, 1.165) is 88.1 Å². The highest BCUT2D eigenvalue weighted by molar-refractivity contribution is 6.01. The molecule has 4 amide bonds. The second-order valence-electron chi connectivity index (χ2n) is 17.2. The molecule has 3 aromatic heterocycles. The van der Waals surface area contributed by atoms with Crippen LogP contribution in [-0.2, 0) is 20.6 Å². The summed E-state index contributed by atoms with van der Waals surface area (Å²) in [4.78, 5) is 73.1. The number of fused-ring (bicyclic) bond motifs is 1. The molecule has 9 rings (SSSR count). The molecule has 16 nitrogen and oxygen atoms in total. The summed E-state index contributed by atoms with van der Waals surface area (Å²) in [6.45, 7) is 6.28. The third kappa shape index (κ3) is 10.2. The normalized spacial score (nSPS) is 20.9. The molecule has 2 aromatic carbocycles. The highest BCUT2D eigenvalue weighted by Crippen LogP contribution is 2.36. The van der Waals surface area contributed by atoms with E-state index in [1.165, 1.54) is 18.5 Å². The predicted molar refractivity (Wildman–Crippen MR) is 233 cm³/mol. The average molecular weight is 894 g/mol. The van der Waals surface area contributed by atoms with Gasteiger partial charge in [0.25, 0.3) is 11.8 Å². The molecule has 65 heavy (non-hydrogen) atoms. The van der Waals surface area contributed by atoms with Crippen LogP contribution < -0.4 is 25.6 Å². The summed E-state index contributed by atoms with van der Waals surface area (Å²) in [6.07, 6.45) is 3.55. The van der Waals surface area contributed by atoms with E-state index in [4.69, 9.17) is 4.74 Å². The Labute approximate surface area is 373 Å². The lowest BCUT2D eigenvalue weighted by Crippen LogP contribution is -2.47. The highest BCUT2D eigenvalue weighted by atomic mass is 19.4. The highest BCUT2D eigenvalue weighted by Gasteiger charge is 2.36. The van der Waals surface area contributed by atoms with Crippen LogP contribution in [0.4, 0.5) is 30.4 Å². The van der Waals surface area contributed by atoms with Crippen molar-refractivity contribution in [2.75, 3.05) is 62.6 Å². The van der Waals surface area contributed by atoms with E-state index in [1.54, 1.807) is 18.5 Å². The van der Waals surface area contributed by atoms with Crippen molar-refractivity contribution in [2.24, 2.45) is 5.92 Å². The van der Waals surface area contributed by atoms with Crippen LogP contribution in [0, 0.1) is 5.92 Å². The van der Waals surface area contributed by atoms with Crippen molar-refractivity contribution in [2.45, 2.75) is 69.1 Å². The van der Waals surface area contributed by atoms with Gasteiger partial charge in [-0.15, -0.1) is 0 Å². The number of piperidine rings is 2. The summed E-state index contributed by atoms with van der Waals surface area (Å²) in [5, 5.41) is 8.55. The lowest BCUT2D eigenvalue weighted by molar-refractivity contribution is -0.141. The van der Waals surface area contributed by atoms with E-state index in [1.807, 2.05) is 33.7 Å². The molecule has 0 radical (unpaired) electrons. The second-order valence-corrected chi connectivity index (χ2v) is 17.2. The number of carbonyl (C=O) groups excluding carboxylic acids is 4. The van der Waals surface area contributed by atoms with Gasteiger partial charge in [0.1, 0.15) is 23.5 Å². The van der Waals surface area contributed by atoms with Gasteiger partial charge in [0.15, 0.2) is 23.6 Å². The fourth-order valence-corrected chi connectivity index (χ4v) is 9.12. The van der Waals surface area contributed by atoms with Gasteiger partial charge in [-0.3, -0.25) is 29.4 Å². The number of likely N-dealkylation sites (tertiary alicyclic amines) is 1. The van der Waals surface area contributed by atoms with Crippen LogP contribution in [0.1, 0.15) is 78.7 Å². The number of hydrogen-bond acceptors (Lipinski definition) is 12. The Balaban J connectivity index is 0.676. The number of imidazole rings is 1. The first-order valence-electron chi connectivity index (χ1n) is 22.1. The van der Waals surface area contributed by atoms with Gasteiger partial charge in [0, 0.05) is 69.1 Å². The number of anilines is 3. The van der Waals surface area contributed by atoms with Crippen molar-refractivity contribution in [3.05, 3.63) is 96.3 Å². The molecular weight excluding hydrogens is 844 g/mol. The van der Waals surface area contributed by atoms with Gasteiger partial charge in [-0.2, -0.15) is 13.2 Å². The largest absolute Gasteiger partial charge is 0.484 e. The topological polar surface area (TPSA) is 180 Å². The number of pyridine rings is 1. The number of imide groups is 1. The summed E-state index contributed by atoms with van der Waals surface area (Å²) < 4.78 is 47.0. The Hall–Kier alpha value is -6.63. The van der Waals surface area contributed by atoms with Gasteiger partial charge >= 0.3 is 6.18 Å². The zero-order valence-corrected chi connectivity index (χ0v) is 35.7. The summed E-state index contributed by atoms with van der Waals surface area (Å²) >= 11 is 0. The van der Waals surface area contributed by atoms with Crippen molar-refractivity contribution >= 4 is 52.0 Å². The Kier molecular flexibility index (Phi) is 12.6. The van der Waals surface area contributed by atoms with Crippen LogP contribution in [0.3, 0.4) is 0 Å². The molecule has 0 spiro atoms. The summed E-state index contributed by atoms with van der Waals surface area (Å²) in [5.74, 6) is 0.173. The van der Waals surface area contributed by atoms with Gasteiger partial charge < -0.3 is 29.7 Å². The van der Waals surface area contributed by atoms with Crippen LogP contribution in [0.25, 0.3) is 11.2 Å². The van der Waals surface area contributed by atoms with E-state index < -0.39 is 17.8 Å². The van der Waals surface area contributed by atoms with E-state index in [0.29, 0.717) is 54.3 Å². The molecule has 1 saturated carbocycles. The number of alkyl halides is 3. The van der Waals surface area contributed by atoms with Gasteiger partial charge in [0.05, 0.1) is 12.2 Å². The first-order valence-corrected chi connectivity index (χ1v) is 22.1. The number of nitrogens with zero attached hydrogens (tertiary/aromatic N) is 8. The second kappa shape index (κ2) is 18.8. The molecule has 0 unspecified atom stereocenters. The fraction of sp³-hybridized carbons (Fsp3) is 0.435. The van der Waals surface area contributed by atoms with Gasteiger partial charge in [-0.05, 0) is 105 Å². The number of amides is 4. The monoisotopic (exact) mass is 893 g/mol. The number of benzene rings is 2. The Morgan fingerprint density at radius 2 is 1.62 bits per heavy atom. The third-order valence-corrected chi connectivity index (χ3v) is 13.0. The predicted octanol–water partition coefficient (Wildman–Crippen LogP) is 5.47. The molecule has 1 atom stereocenters. The van der Waals surface area contributed by atoms with Crippen LogP contribution in [0.2, 0.25) is 0 Å². The van der Waals surface area contributed by atoms with Crippen molar-refractivity contribution in [1.29, 1.82) is 0 Å². The van der Waals surface area contributed by atoms with Crippen molar-refractivity contribution in [3.63, 3.8) is 0 Å². The zero-order valence-electron chi connectivity index (χ0n) is 35.7. The summed E-state index contributed by atoms with van der Waals surface area (Å²) in [5.41, 5.74) is 2.69. The number of piperazine rings is 1. The molecule has 3 N–H and O–H groups in total. The maximum atomic E-state index is 13.1. The maximum absolute atomic E-state index is 13.1. The van der Waals surface area contributed by atoms with Gasteiger partial charge in [-0.25, -0.2) is 19.9 Å². The van der Waals surface area contributed by atoms with Gasteiger partial charge in [0.2, 0.25) is 11.8 Å². The fourth-order valence-electron chi connectivity index (χ4n) is 9.12. The van der Waals surface area contributed by atoms with Gasteiger partial charge in [-0.1, -0.05) is 18.2 Å². The molecule has 0 bridgehead atoms. The molecule has 4 aliphatic rings. The number of hydrogen-bond donors (Lipinski definition) is 3. The van der Waals surface area contributed by atoms with Crippen molar-refractivity contribution < 1.29 is 37.1 Å². The van der Waals surface area contributed by atoms with E-state index in [-0.39, 0.29) is 48.0 Å². The minimum absolute atomic E-state index is 0.000948. The summed E-state index contributed by atoms with van der Waals surface area (Å²) in [6, 6.07) is 18.5. The van der Waals surface area contributed by atoms with E-state index in [2.05, 4.69) is 57.8 Å². The maximum Gasteiger partial charge on any atom is 0.433 e. The van der Waals surface area contributed by atoms with Crippen LogP contribution in [0.5, 0.6) is 5.75 Å². The molecule has 3 aliphatic heterocycles. The van der Waals surface area contributed by atoms with Crippen molar-refractivity contribution in [3.8, 4) is 5.75 Å². The third-order valence-electron chi connectivity index (χ3n) is 13.0. The molecule has 4 fully saturated rings. The van der Waals surface area contributed by atoms with Crippen LogP contribution in [0.15, 0.2) is 79.4 Å². The summed E-state index contributed by atoms with van der Waals surface area (Å²) in [7, 11) is 0. The molecule has 1 aliphatic carbocycles. The number of aromatic nitrogens is 5. The lowest BCUT2D eigenvalue weighted by Gasteiger charge is -2.37. The molecule has 6 heterocycles. The zero-order chi connectivity index (χ0) is 45.1. The lowest BCUT2D eigenvalue weighted by atomic mass is 9.86. The standard InChI is InChI=1S/C46H50F3N11O5/c47-46(48,49)38-3-1-2-37(55-38)45(64)54-32-24-34(25-32)60-28-52-41-42(50-27-51-43(41)60)53-31-6-8-33(9-7-31)58-22-20-57(21-23-58)17-14-29-15-18-59(19-16-29)40(62)26-65-35-10-4-30(5-11-35)36-12-13-39(61)56-44(36)63/h1-11,27-29,32,34,36H,12-26H2,(H,54,64)(H,50,51,53)(H,56,61,63)/t32?,34?,36-/m0/s1. The van der Waals surface area contributed by atoms with Crippen molar-refractivity contribution in [1.82, 2.24) is 44.9 Å². The molecule has 340 valence electrons. The van der Waals surface area contributed by atoms with E-state index >= 15 is 0 Å².